The summed E-state index contributed by atoms with van der Waals surface area (Å²) >= 11 is 1.38. The predicted octanol–water partition coefficient (Wildman–Crippen LogP) is 2.06. The fourth-order valence-electron chi connectivity index (χ4n) is 2.54. The third kappa shape index (κ3) is 2.78. The highest BCUT2D eigenvalue weighted by molar-refractivity contribution is 8.14. The normalized spacial score (nSPS) is 22.9. The molecule has 1 saturated carbocycles. The Balaban J connectivity index is 1.74. The Bertz CT molecular complexity index is 281. The molecule has 0 unspecified atom stereocenters. The molecular formula is C12H19NO2S. The number of carbonyl (C=O) groups excluding carboxylic acids is 2. The van der Waals surface area contributed by atoms with Crippen LogP contribution in [0.1, 0.15) is 39.0 Å². The van der Waals surface area contributed by atoms with E-state index < -0.39 is 0 Å². The van der Waals surface area contributed by atoms with E-state index in [2.05, 4.69) is 0 Å². The van der Waals surface area contributed by atoms with Crippen LogP contribution in [0, 0.1) is 5.92 Å². The largest absolute Gasteiger partial charge is 0.340 e. The highest BCUT2D eigenvalue weighted by Gasteiger charge is 2.35. The van der Waals surface area contributed by atoms with Gasteiger partial charge in [-0.3, -0.25) is 9.59 Å². The zero-order valence-electron chi connectivity index (χ0n) is 9.78. The fraction of sp³-hybridized carbons (Fsp3) is 0.833. The van der Waals surface area contributed by atoms with Gasteiger partial charge in [0.25, 0.3) is 0 Å². The second kappa shape index (κ2) is 5.21. The average molecular weight is 241 g/mol. The summed E-state index contributed by atoms with van der Waals surface area (Å²) in [6, 6.07) is 0. The van der Waals surface area contributed by atoms with E-state index >= 15 is 0 Å². The highest BCUT2D eigenvalue weighted by atomic mass is 32.2. The van der Waals surface area contributed by atoms with Crippen molar-refractivity contribution in [3.05, 3.63) is 0 Å². The Labute approximate surface area is 101 Å². The van der Waals surface area contributed by atoms with Gasteiger partial charge in [0.2, 0.25) is 5.91 Å². The molecule has 2 fully saturated rings. The zero-order chi connectivity index (χ0) is 11.5. The topological polar surface area (TPSA) is 37.4 Å². The van der Waals surface area contributed by atoms with Crippen LogP contribution in [-0.4, -0.2) is 34.3 Å². The van der Waals surface area contributed by atoms with Gasteiger partial charge in [0.05, 0.1) is 0 Å². The minimum Gasteiger partial charge on any atom is -0.340 e. The molecule has 4 heteroatoms. The molecule has 0 bridgehead atoms. The van der Waals surface area contributed by atoms with Gasteiger partial charge in [-0.2, -0.15) is 0 Å². The number of hydrogen-bond acceptors (Lipinski definition) is 3. The lowest BCUT2D eigenvalue weighted by Gasteiger charge is -2.40. The summed E-state index contributed by atoms with van der Waals surface area (Å²) in [5, 5.41) is 0.514. The molecular weight excluding hydrogens is 222 g/mol. The van der Waals surface area contributed by atoms with Gasteiger partial charge in [0.1, 0.15) is 0 Å². The number of hydrogen-bond donors (Lipinski definition) is 0. The van der Waals surface area contributed by atoms with Crippen LogP contribution >= 0.6 is 11.8 Å². The van der Waals surface area contributed by atoms with Crippen LogP contribution < -0.4 is 0 Å². The molecule has 2 rings (SSSR count). The van der Waals surface area contributed by atoms with Gasteiger partial charge in [0.15, 0.2) is 5.12 Å². The quantitative estimate of drug-likeness (QED) is 0.742. The van der Waals surface area contributed by atoms with Crippen molar-refractivity contribution in [2.75, 3.05) is 13.1 Å². The van der Waals surface area contributed by atoms with Crippen LogP contribution in [0.4, 0.5) is 0 Å². The first-order chi connectivity index (χ1) is 7.66. The van der Waals surface area contributed by atoms with Crippen molar-refractivity contribution in [2.24, 2.45) is 5.92 Å². The number of carbonyl (C=O) groups is 2. The molecule has 3 nitrogen and oxygen atoms in total. The zero-order valence-corrected chi connectivity index (χ0v) is 10.6. The van der Waals surface area contributed by atoms with Crippen molar-refractivity contribution in [1.82, 2.24) is 4.90 Å². The van der Waals surface area contributed by atoms with Crippen molar-refractivity contribution in [1.29, 1.82) is 0 Å². The number of thioether (sulfide) groups is 1. The van der Waals surface area contributed by atoms with E-state index in [1.54, 1.807) is 6.92 Å². The summed E-state index contributed by atoms with van der Waals surface area (Å²) in [7, 11) is 0. The Hall–Kier alpha value is -0.510. The highest BCUT2D eigenvalue weighted by Crippen LogP contribution is 2.29. The molecule has 1 amide bonds. The molecule has 0 radical (unpaired) electrons. The van der Waals surface area contributed by atoms with Crippen molar-refractivity contribution in [2.45, 2.75) is 44.3 Å². The summed E-state index contributed by atoms with van der Waals surface area (Å²) in [4.78, 5) is 24.9. The van der Waals surface area contributed by atoms with E-state index in [0.717, 1.165) is 25.9 Å². The lowest BCUT2D eigenvalue weighted by Crippen LogP contribution is -2.54. The first kappa shape index (κ1) is 12.0. The van der Waals surface area contributed by atoms with Crippen molar-refractivity contribution >= 4 is 22.8 Å². The van der Waals surface area contributed by atoms with Gasteiger partial charge in [-0.1, -0.05) is 31.0 Å². The molecule has 1 saturated heterocycles. The van der Waals surface area contributed by atoms with Crippen LogP contribution in [0.3, 0.4) is 0 Å². The Morgan fingerprint density at radius 3 is 2.31 bits per heavy atom. The third-order valence-corrected chi connectivity index (χ3v) is 4.41. The summed E-state index contributed by atoms with van der Waals surface area (Å²) in [5.74, 6) is 0.608. The van der Waals surface area contributed by atoms with Gasteiger partial charge in [-0.15, -0.1) is 0 Å². The van der Waals surface area contributed by atoms with Crippen molar-refractivity contribution in [3.63, 3.8) is 0 Å². The van der Waals surface area contributed by atoms with Gasteiger partial charge >= 0.3 is 0 Å². The van der Waals surface area contributed by atoms with E-state index in [-0.39, 0.29) is 11.0 Å². The lowest BCUT2D eigenvalue weighted by molar-refractivity contribution is -0.139. The maximum absolute atomic E-state index is 12.0. The minimum atomic E-state index is 0.162. The van der Waals surface area contributed by atoms with Crippen LogP contribution in [0.2, 0.25) is 0 Å². The SMILES string of the molecule is CC(=O)SC1CN(C(=O)C2CCCCC2)C1. The Morgan fingerprint density at radius 1 is 1.12 bits per heavy atom. The standard InChI is InChI=1S/C12H19NO2S/c1-9(14)16-11-7-13(8-11)12(15)10-5-3-2-4-6-10/h10-11H,2-8H2,1H3. The van der Waals surface area contributed by atoms with E-state index in [4.69, 9.17) is 0 Å². The fourth-order valence-corrected chi connectivity index (χ4v) is 3.51. The molecule has 0 aromatic carbocycles. The number of nitrogens with zero attached hydrogens (tertiary/aromatic N) is 1. The summed E-state index contributed by atoms with van der Waals surface area (Å²) in [6.45, 7) is 3.15. The molecule has 16 heavy (non-hydrogen) atoms. The van der Waals surface area contributed by atoms with Gasteiger partial charge < -0.3 is 4.90 Å². The number of likely N-dealkylation sites (tertiary alicyclic amines) is 1. The molecule has 0 aromatic rings. The van der Waals surface area contributed by atoms with Gasteiger partial charge in [-0.05, 0) is 12.8 Å². The molecule has 90 valence electrons. The first-order valence-electron chi connectivity index (χ1n) is 6.13. The molecule has 0 N–H and O–H groups in total. The molecule has 0 spiro atoms. The van der Waals surface area contributed by atoms with Crippen LogP contribution in [0.15, 0.2) is 0 Å². The molecule has 1 aliphatic heterocycles. The molecule has 1 heterocycles. The maximum Gasteiger partial charge on any atom is 0.225 e. The van der Waals surface area contributed by atoms with Crippen LogP contribution in [0.25, 0.3) is 0 Å². The van der Waals surface area contributed by atoms with Crippen LogP contribution in [0.5, 0.6) is 0 Å². The Kier molecular flexibility index (Phi) is 3.90. The number of amides is 1. The summed E-state index contributed by atoms with van der Waals surface area (Å²) < 4.78 is 0. The molecule has 0 atom stereocenters. The first-order valence-corrected chi connectivity index (χ1v) is 7.01. The van der Waals surface area contributed by atoms with E-state index in [1.165, 1.54) is 31.0 Å². The number of rotatable bonds is 2. The second-order valence-corrected chi connectivity index (χ2v) is 6.29. The predicted molar refractivity (Wildman–Crippen MR) is 65.2 cm³/mol. The lowest BCUT2D eigenvalue weighted by atomic mass is 9.87. The third-order valence-electron chi connectivity index (χ3n) is 3.45. The van der Waals surface area contributed by atoms with E-state index in [1.807, 2.05) is 4.90 Å². The molecule has 2 aliphatic rings. The summed E-state index contributed by atoms with van der Waals surface area (Å²) in [6.07, 6.45) is 5.83. The van der Waals surface area contributed by atoms with E-state index in [0.29, 0.717) is 11.2 Å². The average Bonchev–Trinajstić information content (AvgIpc) is 2.23. The smallest absolute Gasteiger partial charge is 0.225 e. The molecule has 1 aliphatic carbocycles. The Morgan fingerprint density at radius 2 is 1.75 bits per heavy atom. The minimum absolute atomic E-state index is 0.162. The van der Waals surface area contributed by atoms with Gasteiger partial charge in [0, 0.05) is 31.2 Å². The van der Waals surface area contributed by atoms with Gasteiger partial charge in [-0.25, -0.2) is 0 Å². The monoisotopic (exact) mass is 241 g/mol. The van der Waals surface area contributed by atoms with Crippen LogP contribution in [-0.2, 0) is 9.59 Å². The van der Waals surface area contributed by atoms with Crippen molar-refractivity contribution < 1.29 is 9.59 Å². The molecule has 0 aromatic heterocycles. The second-order valence-electron chi connectivity index (χ2n) is 4.81. The maximum atomic E-state index is 12.0. The van der Waals surface area contributed by atoms with E-state index in [9.17, 15) is 9.59 Å². The van der Waals surface area contributed by atoms with Crippen molar-refractivity contribution in [3.8, 4) is 0 Å². The summed E-state index contributed by atoms with van der Waals surface area (Å²) in [5.41, 5.74) is 0.